The molecule has 122 valence electrons. The number of rotatable bonds is 6. The van der Waals surface area contributed by atoms with Crippen LogP contribution in [-0.4, -0.2) is 15.8 Å². The van der Waals surface area contributed by atoms with E-state index in [1.807, 2.05) is 24.3 Å². The predicted octanol–water partition coefficient (Wildman–Crippen LogP) is 3.86. The molecule has 4 nitrogen and oxygen atoms in total. The van der Waals surface area contributed by atoms with Gasteiger partial charge in [-0.1, -0.05) is 49.6 Å². The van der Waals surface area contributed by atoms with Crippen LogP contribution in [0, 0.1) is 5.92 Å². The molecule has 0 aliphatic heterocycles. The molecule has 0 fully saturated rings. The molecule has 1 N–H and O–H groups in total. The topological polar surface area (TPSA) is 54.6 Å². The average molecular weight is 333 g/mol. The van der Waals surface area contributed by atoms with Crippen molar-refractivity contribution in [3.63, 3.8) is 0 Å². The van der Waals surface area contributed by atoms with Gasteiger partial charge in [-0.3, -0.25) is 4.79 Å². The highest BCUT2D eigenvalue weighted by molar-refractivity contribution is 6.30. The molecule has 0 bridgehead atoms. The summed E-state index contributed by atoms with van der Waals surface area (Å²) in [4.78, 5) is 16.6. The number of nitrogens with zero attached hydrogens (tertiary/aromatic N) is 2. The lowest BCUT2D eigenvalue weighted by Gasteiger charge is -2.13. The number of hydrogen-bond acceptors (Lipinski definition) is 2. The maximum absolute atomic E-state index is 12.5. The van der Waals surface area contributed by atoms with Gasteiger partial charge in [0.05, 0.1) is 0 Å². The van der Waals surface area contributed by atoms with E-state index in [2.05, 4.69) is 11.9 Å². The van der Waals surface area contributed by atoms with Gasteiger partial charge in [-0.15, -0.1) is 0 Å². The summed E-state index contributed by atoms with van der Waals surface area (Å²) in [7, 11) is 0. The van der Waals surface area contributed by atoms with Gasteiger partial charge in [-0.05, 0) is 42.7 Å². The zero-order chi connectivity index (χ0) is 16.7. The summed E-state index contributed by atoms with van der Waals surface area (Å²) in [5.74, 6) is -0.404. The summed E-state index contributed by atoms with van der Waals surface area (Å²) in [5.41, 5.74) is 1.30. The van der Waals surface area contributed by atoms with E-state index in [1.54, 1.807) is 18.2 Å². The third-order valence-corrected chi connectivity index (χ3v) is 3.95. The quantitative estimate of drug-likeness (QED) is 0.817. The number of benzene rings is 1. The SMILES string of the molecule is CCCCC(Cc1ccc(Cl)cc1)C(=O)N=c1ccccn1O. The lowest BCUT2D eigenvalue weighted by Crippen LogP contribution is -2.23. The van der Waals surface area contributed by atoms with Crippen LogP contribution in [0.15, 0.2) is 53.7 Å². The summed E-state index contributed by atoms with van der Waals surface area (Å²) in [6.07, 6.45) is 4.84. The van der Waals surface area contributed by atoms with Gasteiger partial charge in [0.1, 0.15) is 0 Å². The molecule has 1 aromatic carbocycles. The average Bonchev–Trinajstić information content (AvgIpc) is 2.55. The van der Waals surface area contributed by atoms with Gasteiger partial charge in [0.15, 0.2) is 5.49 Å². The van der Waals surface area contributed by atoms with E-state index in [4.69, 9.17) is 11.6 Å². The van der Waals surface area contributed by atoms with Crippen molar-refractivity contribution in [3.05, 3.63) is 64.7 Å². The number of pyridine rings is 1. The van der Waals surface area contributed by atoms with Gasteiger partial charge in [-0.2, -0.15) is 9.72 Å². The number of halogens is 1. The van der Waals surface area contributed by atoms with Gasteiger partial charge in [0.2, 0.25) is 0 Å². The number of aromatic nitrogens is 1. The second-order valence-corrected chi connectivity index (χ2v) is 5.96. The van der Waals surface area contributed by atoms with Crippen LogP contribution < -0.4 is 5.49 Å². The molecule has 0 aliphatic carbocycles. The summed E-state index contributed by atoms with van der Waals surface area (Å²) < 4.78 is 0.858. The lowest BCUT2D eigenvalue weighted by atomic mass is 9.93. The summed E-state index contributed by atoms with van der Waals surface area (Å²) in [6.45, 7) is 2.10. The van der Waals surface area contributed by atoms with Crippen LogP contribution in [0.3, 0.4) is 0 Å². The number of carbonyl (C=O) groups excluding carboxylic acids is 1. The highest BCUT2D eigenvalue weighted by Gasteiger charge is 2.18. The summed E-state index contributed by atoms with van der Waals surface area (Å²) in [6, 6.07) is 12.5. The molecule has 1 unspecified atom stereocenters. The van der Waals surface area contributed by atoms with E-state index in [0.29, 0.717) is 11.4 Å². The first-order valence-corrected chi connectivity index (χ1v) is 8.18. The lowest BCUT2D eigenvalue weighted by molar-refractivity contribution is -0.122. The fourth-order valence-corrected chi connectivity index (χ4v) is 2.51. The van der Waals surface area contributed by atoms with Crippen molar-refractivity contribution < 1.29 is 10.0 Å². The van der Waals surface area contributed by atoms with Crippen LogP contribution in [0.4, 0.5) is 0 Å². The molecular weight excluding hydrogens is 312 g/mol. The Morgan fingerprint density at radius 3 is 2.65 bits per heavy atom. The molecule has 1 amide bonds. The largest absolute Gasteiger partial charge is 0.427 e. The maximum Gasteiger partial charge on any atom is 0.251 e. The third-order valence-electron chi connectivity index (χ3n) is 3.69. The Morgan fingerprint density at radius 1 is 1.26 bits per heavy atom. The zero-order valence-electron chi connectivity index (χ0n) is 13.2. The maximum atomic E-state index is 12.5. The van der Waals surface area contributed by atoms with E-state index in [-0.39, 0.29) is 17.3 Å². The van der Waals surface area contributed by atoms with Crippen molar-refractivity contribution in [3.8, 4) is 0 Å². The molecular formula is C18H21ClN2O2. The fourth-order valence-electron chi connectivity index (χ4n) is 2.39. The van der Waals surface area contributed by atoms with Gasteiger partial charge in [0.25, 0.3) is 5.91 Å². The Bertz CT molecular complexity index is 707. The van der Waals surface area contributed by atoms with Crippen LogP contribution in [0.1, 0.15) is 31.7 Å². The minimum Gasteiger partial charge on any atom is -0.427 e. The van der Waals surface area contributed by atoms with Crippen molar-refractivity contribution in [2.45, 2.75) is 32.6 Å². The first kappa shape index (κ1) is 17.3. The standard InChI is InChI=1S/C18H21ClN2O2/c1-2-3-6-15(13-14-8-10-16(19)11-9-14)18(22)20-17-7-4-5-12-21(17)23/h4-5,7-12,15,23H,2-3,6,13H2,1H3. The third kappa shape index (κ3) is 5.25. The molecule has 5 heteroatoms. The molecule has 0 saturated heterocycles. The molecule has 0 aliphatic rings. The zero-order valence-corrected chi connectivity index (χ0v) is 13.9. The highest BCUT2D eigenvalue weighted by Crippen LogP contribution is 2.18. The Labute approximate surface area is 141 Å². The molecule has 0 spiro atoms. The number of hydrogen-bond donors (Lipinski definition) is 1. The second kappa shape index (κ2) is 8.53. The van der Waals surface area contributed by atoms with Crippen molar-refractivity contribution in [2.24, 2.45) is 10.9 Å². The summed E-state index contributed by atoms with van der Waals surface area (Å²) in [5, 5.41) is 10.4. The van der Waals surface area contributed by atoms with Crippen LogP contribution in [-0.2, 0) is 11.2 Å². The Hall–Kier alpha value is -2.07. The van der Waals surface area contributed by atoms with Crippen LogP contribution in [0.25, 0.3) is 0 Å². The second-order valence-electron chi connectivity index (χ2n) is 5.52. The van der Waals surface area contributed by atoms with Gasteiger partial charge < -0.3 is 5.21 Å². The van der Waals surface area contributed by atoms with E-state index in [1.165, 1.54) is 6.20 Å². The van der Waals surface area contributed by atoms with E-state index in [9.17, 15) is 10.0 Å². The molecule has 23 heavy (non-hydrogen) atoms. The number of carbonyl (C=O) groups is 1. The molecule has 2 rings (SSSR count). The van der Waals surface area contributed by atoms with E-state index < -0.39 is 0 Å². The number of unbranched alkanes of at least 4 members (excludes halogenated alkanes) is 1. The van der Waals surface area contributed by atoms with Crippen molar-refractivity contribution in [1.29, 1.82) is 0 Å². The first-order valence-electron chi connectivity index (χ1n) is 7.80. The fraction of sp³-hybridized carbons (Fsp3) is 0.333. The van der Waals surface area contributed by atoms with Gasteiger partial charge in [-0.25, -0.2) is 0 Å². The molecule has 1 atom stereocenters. The van der Waals surface area contributed by atoms with Gasteiger partial charge >= 0.3 is 0 Å². The predicted molar refractivity (Wildman–Crippen MR) is 90.4 cm³/mol. The van der Waals surface area contributed by atoms with E-state index in [0.717, 1.165) is 29.6 Å². The normalized spacial score (nSPS) is 13.0. The van der Waals surface area contributed by atoms with Crippen LogP contribution in [0.2, 0.25) is 5.02 Å². The Kier molecular flexibility index (Phi) is 6.41. The minimum absolute atomic E-state index is 0.198. The van der Waals surface area contributed by atoms with E-state index >= 15 is 0 Å². The molecule has 1 heterocycles. The van der Waals surface area contributed by atoms with Crippen molar-refractivity contribution in [1.82, 2.24) is 4.73 Å². The monoisotopic (exact) mass is 332 g/mol. The van der Waals surface area contributed by atoms with Crippen LogP contribution in [0.5, 0.6) is 0 Å². The van der Waals surface area contributed by atoms with Crippen LogP contribution >= 0.6 is 11.6 Å². The minimum atomic E-state index is -0.206. The van der Waals surface area contributed by atoms with Crippen molar-refractivity contribution >= 4 is 17.5 Å². The molecule has 0 saturated carbocycles. The molecule has 0 radical (unpaired) electrons. The molecule has 1 aromatic heterocycles. The first-order chi connectivity index (χ1) is 11.1. The number of amides is 1. The molecule has 2 aromatic rings. The van der Waals surface area contributed by atoms with Gasteiger partial charge in [0, 0.05) is 17.1 Å². The Morgan fingerprint density at radius 2 is 2.00 bits per heavy atom. The smallest absolute Gasteiger partial charge is 0.251 e. The van der Waals surface area contributed by atoms with Crippen molar-refractivity contribution in [2.75, 3.05) is 0 Å². The highest BCUT2D eigenvalue weighted by atomic mass is 35.5. The summed E-state index contributed by atoms with van der Waals surface area (Å²) >= 11 is 5.90. The Balaban J connectivity index is 2.20.